The van der Waals surface area contributed by atoms with Crippen molar-refractivity contribution in [2.75, 3.05) is 11.3 Å². The number of amides is 1. The quantitative estimate of drug-likeness (QED) is 0.200. The first-order chi connectivity index (χ1) is 19.4. The van der Waals surface area contributed by atoms with Crippen LogP contribution in [0.2, 0.25) is 0 Å². The molecule has 0 radical (unpaired) electrons. The normalized spacial score (nSPS) is 14.0. The average molecular weight is 654 g/mol. The number of aromatic nitrogens is 2. The van der Waals surface area contributed by atoms with Crippen LogP contribution < -0.4 is 10.0 Å². The van der Waals surface area contributed by atoms with Crippen molar-refractivity contribution >= 4 is 48.5 Å². The number of halogens is 4. The summed E-state index contributed by atoms with van der Waals surface area (Å²) in [7, 11) is -5.64. The number of alkyl halides is 3. The lowest BCUT2D eigenvalue weighted by atomic mass is 10.1. The highest BCUT2D eigenvalue weighted by Gasteiger charge is 2.46. The highest BCUT2D eigenvalue weighted by Crippen LogP contribution is 2.42. The van der Waals surface area contributed by atoms with Gasteiger partial charge in [0.05, 0.1) is 15.9 Å². The Kier molecular flexibility index (Phi) is 7.94. The fraction of sp³-hybridized carbons (Fsp3) is 0.357. The number of fused-ring (bicyclic) bond motifs is 1. The summed E-state index contributed by atoms with van der Waals surface area (Å²) in [6.07, 6.45) is 3.68. The van der Waals surface area contributed by atoms with E-state index in [1.165, 1.54) is 18.2 Å². The number of furan rings is 1. The molecule has 2 aromatic heterocycles. The fourth-order valence-corrected chi connectivity index (χ4v) is 5.96. The summed E-state index contributed by atoms with van der Waals surface area (Å²) in [6.45, 7) is 4.73. The molecule has 0 unspecified atom stereocenters. The molecular weight excluding hydrogens is 625 g/mol. The molecule has 5 rings (SSSR count). The average Bonchev–Trinajstić information content (AvgIpc) is 3.58. The van der Waals surface area contributed by atoms with Crippen LogP contribution in [0.3, 0.4) is 0 Å². The minimum absolute atomic E-state index is 0.135. The van der Waals surface area contributed by atoms with Gasteiger partial charge < -0.3 is 14.3 Å². The highest BCUT2D eigenvalue weighted by atomic mass is 79.9. The Morgan fingerprint density at radius 2 is 1.90 bits per heavy atom. The Labute approximate surface area is 243 Å². The van der Waals surface area contributed by atoms with E-state index in [0.29, 0.717) is 46.6 Å². The first kappa shape index (κ1) is 29.2. The number of imidazole rings is 1. The Balaban J connectivity index is 1.53. The lowest BCUT2D eigenvalue weighted by molar-refractivity contribution is -0.0429. The van der Waals surface area contributed by atoms with Crippen molar-refractivity contribution < 1.29 is 30.8 Å². The summed E-state index contributed by atoms with van der Waals surface area (Å²) in [6, 6.07) is 11.2. The Morgan fingerprint density at radius 1 is 1.17 bits per heavy atom. The van der Waals surface area contributed by atoms with Crippen molar-refractivity contribution in [1.82, 2.24) is 14.9 Å². The molecule has 2 N–H and O–H groups in total. The Morgan fingerprint density at radius 3 is 2.56 bits per heavy atom. The number of para-hydroxylation sites is 1. The van der Waals surface area contributed by atoms with Crippen molar-refractivity contribution in [1.29, 1.82) is 0 Å². The maximum absolute atomic E-state index is 13.1. The van der Waals surface area contributed by atoms with Crippen LogP contribution in [-0.4, -0.2) is 35.9 Å². The number of nitrogens with zero attached hydrogens (tertiary/aromatic N) is 2. The molecule has 2 heterocycles. The van der Waals surface area contributed by atoms with Crippen molar-refractivity contribution in [3.63, 3.8) is 0 Å². The summed E-state index contributed by atoms with van der Waals surface area (Å²) in [5.41, 5.74) is -2.94. The molecule has 4 aromatic rings. The standard InChI is InChI=1S/C28H28BrF3N4O4S/c1-3-23-34-21(14-16-9-10-16)25(27(37)33-4-2)36(23)15-17-11-12-22-19(13-17)24(29)26(40-22)18-7-5-6-8-20(18)35-41(38,39)28(30,31)32/h5-8,11-13,16,35H,3-4,9-10,14-15H2,1-2H3,(H,33,37). The Hall–Kier alpha value is -3.32. The van der Waals surface area contributed by atoms with Gasteiger partial charge in [-0.05, 0) is 77.9 Å². The molecule has 0 atom stereocenters. The van der Waals surface area contributed by atoms with Crippen LogP contribution in [-0.2, 0) is 29.4 Å². The fourth-order valence-electron chi connectivity index (χ4n) is 4.77. The number of anilines is 1. The topological polar surface area (TPSA) is 106 Å². The molecule has 8 nitrogen and oxygen atoms in total. The minimum Gasteiger partial charge on any atom is -0.455 e. The number of hydrogen-bond acceptors (Lipinski definition) is 5. The maximum Gasteiger partial charge on any atom is 0.516 e. The van der Waals surface area contributed by atoms with Crippen LogP contribution in [0.1, 0.15) is 54.3 Å². The van der Waals surface area contributed by atoms with Gasteiger partial charge in [-0.1, -0.05) is 25.1 Å². The minimum atomic E-state index is -5.64. The van der Waals surface area contributed by atoms with Crippen LogP contribution in [0.25, 0.3) is 22.3 Å². The highest BCUT2D eigenvalue weighted by molar-refractivity contribution is 9.10. The largest absolute Gasteiger partial charge is 0.516 e. The van der Waals surface area contributed by atoms with E-state index >= 15 is 0 Å². The lowest BCUT2D eigenvalue weighted by Gasteiger charge is -2.13. The second-order valence-corrected chi connectivity index (χ2v) is 12.4. The summed E-state index contributed by atoms with van der Waals surface area (Å²) in [5.74, 6) is 1.36. The SMILES string of the molecule is CCNC(=O)c1c(CC2CC2)nc(CC)n1Cc1ccc2oc(-c3ccccc3NS(=O)(=O)C(F)(F)F)c(Br)c2c1. The van der Waals surface area contributed by atoms with Crippen molar-refractivity contribution in [3.8, 4) is 11.3 Å². The van der Waals surface area contributed by atoms with Gasteiger partial charge in [0.15, 0.2) is 5.76 Å². The van der Waals surface area contributed by atoms with Crippen LogP contribution in [0.15, 0.2) is 51.4 Å². The van der Waals surface area contributed by atoms with E-state index in [1.54, 1.807) is 16.9 Å². The summed E-state index contributed by atoms with van der Waals surface area (Å²) < 4.78 is 72.7. The predicted molar refractivity (Wildman–Crippen MR) is 153 cm³/mol. The second-order valence-electron chi connectivity index (χ2n) is 9.94. The molecule has 0 spiro atoms. The third kappa shape index (κ3) is 5.87. The molecule has 0 saturated heterocycles. The molecule has 13 heteroatoms. The zero-order valence-corrected chi connectivity index (χ0v) is 24.7. The predicted octanol–water partition coefficient (Wildman–Crippen LogP) is 6.63. The maximum atomic E-state index is 13.1. The van der Waals surface area contributed by atoms with Gasteiger partial charge in [-0.3, -0.25) is 9.52 Å². The number of hydrogen-bond donors (Lipinski definition) is 2. The number of aryl methyl sites for hydroxylation is 1. The van der Waals surface area contributed by atoms with E-state index in [1.807, 2.05) is 30.5 Å². The van der Waals surface area contributed by atoms with Crippen LogP contribution in [0.5, 0.6) is 0 Å². The molecule has 0 aliphatic heterocycles. The van der Waals surface area contributed by atoms with E-state index in [-0.39, 0.29) is 22.9 Å². The first-order valence-corrected chi connectivity index (χ1v) is 15.5. The first-order valence-electron chi connectivity index (χ1n) is 13.2. The van der Waals surface area contributed by atoms with Gasteiger partial charge >= 0.3 is 15.5 Å². The molecule has 218 valence electrons. The van der Waals surface area contributed by atoms with Crippen molar-refractivity contribution in [2.24, 2.45) is 5.92 Å². The van der Waals surface area contributed by atoms with Gasteiger partial charge in [0.1, 0.15) is 17.1 Å². The summed E-state index contributed by atoms with van der Waals surface area (Å²) in [5, 5.41) is 3.55. The molecule has 1 aliphatic rings. The summed E-state index contributed by atoms with van der Waals surface area (Å²) >= 11 is 3.51. The van der Waals surface area contributed by atoms with Gasteiger partial charge in [-0.2, -0.15) is 21.6 Å². The van der Waals surface area contributed by atoms with Crippen molar-refractivity contribution in [3.05, 3.63) is 69.7 Å². The molecule has 1 amide bonds. The van der Waals surface area contributed by atoms with Gasteiger partial charge in [0.2, 0.25) is 0 Å². The van der Waals surface area contributed by atoms with Crippen LogP contribution in [0, 0.1) is 5.92 Å². The second kappa shape index (κ2) is 11.2. The molecule has 1 aliphatic carbocycles. The van der Waals surface area contributed by atoms with Gasteiger partial charge in [0.25, 0.3) is 5.91 Å². The van der Waals surface area contributed by atoms with E-state index in [4.69, 9.17) is 9.40 Å². The summed E-state index contributed by atoms with van der Waals surface area (Å²) in [4.78, 5) is 17.9. The van der Waals surface area contributed by atoms with Crippen molar-refractivity contribution in [2.45, 2.75) is 51.6 Å². The van der Waals surface area contributed by atoms with Gasteiger partial charge in [0, 0.05) is 30.5 Å². The van der Waals surface area contributed by atoms with E-state index in [0.717, 1.165) is 36.3 Å². The monoisotopic (exact) mass is 652 g/mol. The molecule has 41 heavy (non-hydrogen) atoms. The van der Waals surface area contributed by atoms with E-state index in [9.17, 15) is 26.4 Å². The molecule has 2 aromatic carbocycles. The van der Waals surface area contributed by atoms with Crippen LogP contribution >= 0.6 is 15.9 Å². The number of carbonyl (C=O) groups is 1. The van der Waals surface area contributed by atoms with Gasteiger partial charge in [-0.15, -0.1) is 0 Å². The number of benzene rings is 2. The van der Waals surface area contributed by atoms with Crippen LogP contribution in [0.4, 0.5) is 18.9 Å². The van der Waals surface area contributed by atoms with Gasteiger partial charge in [-0.25, -0.2) is 4.98 Å². The number of carbonyl (C=O) groups excluding carboxylic acids is 1. The molecular formula is C28H28BrF3N4O4S. The molecule has 1 fully saturated rings. The zero-order chi connectivity index (χ0) is 29.5. The number of nitrogens with one attached hydrogen (secondary N) is 2. The molecule has 1 saturated carbocycles. The third-order valence-electron chi connectivity index (χ3n) is 6.92. The lowest BCUT2D eigenvalue weighted by Crippen LogP contribution is -2.30. The Bertz CT molecular complexity index is 1730. The number of sulfonamides is 1. The molecule has 0 bridgehead atoms. The van der Waals surface area contributed by atoms with E-state index in [2.05, 4.69) is 21.2 Å². The van der Waals surface area contributed by atoms with E-state index < -0.39 is 15.5 Å². The smallest absolute Gasteiger partial charge is 0.455 e. The zero-order valence-electron chi connectivity index (χ0n) is 22.3. The number of rotatable bonds is 10. The third-order valence-corrected chi connectivity index (χ3v) is 8.81.